The molecule has 0 aliphatic rings. The van der Waals surface area contributed by atoms with Crippen LogP contribution in [-0.2, 0) is 11.2 Å². The Bertz CT molecular complexity index is 1120. The lowest BCUT2D eigenvalue weighted by atomic mass is 10.0. The topological polar surface area (TPSA) is 100 Å². The van der Waals surface area contributed by atoms with E-state index in [1.807, 2.05) is 97.9 Å². The van der Waals surface area contributed by atoms with Crippen LogP contribution in [0, 0.1) is 6.92 Å². The number of hydrogen-bond acceptors (Lipinski definition) is 5. The third kappa shape index (κ3) is 11.4. The van der Waals surface area contributed by atoms with Gasteiger partial charge in [0.1, 0.15) is 5.75 Å². The second-order valence-electron chi connectivity index (χ2n) is 9.58. The van der Waals surface area contributed by atoms with Crippen LogP contribution in [0.4, 0.5) is 0 Å². The number of carbonyl (C=O) groups excluding carboxylic acids is 2. The van der Waals surface area contributed by atoms with Crippen LogP contribution in [0.1, 0.15) is 88.9 Å². The second-order valence-corrected chi connectivity index (χ2v) is 9.58. The highest BCUT2D eigenvalue weighted by atomic mass is 16.5. The van der Waals surface area contributed by atoms with Gasteiger partial charge in [-0.3, -0.25) is 14.6 Å². The number of aliphatic imine (C=N–C) groups is 1. The molecule has 2 aromatic carbocycles. The van der Waals surface area contributed by atoms with Crippen molar-refractivity contribution in [3.05, 3.63) is 70.8 Å². The zero-order chi connectivity index (χ0) is 29.5. The van der Waals surface area contributed by atoms with E-state index in [0.717, 1.165) is 33.8 Å². The van der Waals surface area contributed by atoms with Crippen molar-refractivity contribution in [1.82, 2.24) is 10.6 Å². The number of hydrogen-bond donors (Lipinski definition) is 3. The van der Waals surface area contributed by atoms with Crippen LogP contribution in [0.25, 0.3) is 5.70 Å². The fourth-order valence-corrected chi connectivity index (χ4v) is 3.91. The number of allylic oxidation sites excluding steroid dienone is 1. The van der Waals surface area contributed by atoms with Gasteiger partial charge in [-0.15, -0.1) is 0 Å². The lowest BCUT2D eigenvalue weighted by Crippen LogP contribution is -2.37. The Morgan fingerprint density at radius 1 is 1.00 bits per heavy atom. The molecule has 7 heteroatoms. The molecule has 0 spiro atoms. The molecule has 0 unspecified atom stereocenters. The number of aliphatic hydroxyl groups excluding tert-OH is 1. The van der Waals surface area contributed by atoms with Crippen molar-refractivity contribution in [2.75, 3.05) is 6.61 Å². The summed E-state index contributed by atoms with van der Waals surface area (Å²) in [6.45, 7) is 17.1. The number of aryl methyl sites for hydroxylation is 1. The van der Waals surface area contributed by atoms with Crippen molar-refractivity contribution in [1.29, 1.82) is 0 Å². The maximum atomic E-state index is 12.9. The van der Waals surface area contributed by atoms with Crippen molar-refractivity contribution in [2.24, 2.45) is 4.99 Å². The van der Waals surface area contributed by atoms with Crippen molar-refractivity contribution in [3.8, 4) is 5.75 Å². The number of carbonyl (C=O) groups is 2. The van der Waals surface area contributed by atoms with Crippen LogP contribution in [0.3, 0.4) is 0 Å². The van der Waals surface area contributed by atoms with E-state index in [1.54, 1.807) is 6.07 Å². The quantitative estimate of drug-likeness (QED) is 0.295. The van der Waals surface area contributed by atoms with E-state index in [0.29, 0.717) is 18.4 Å². The molecule has 0 aromatic heterocycles. The van der Waals surface area contributed by atoms with Gasteiger partial charge in [0, 0.05) is 30.8 Å². The molecule has 2 aromatic rings. The molecule has 2 rings (SSSR count). The van der Waals surface area contributed by atoms with E-state index in [2.05, 4.69) is 10.6 Å². The molecule has 0 aliphatic carbocycles. The summed E-state index contributed by atoms with van der Waals surface area (Å²) in [5, 5.41) is 15.5. The molecular formula is C32H47N3O4. The number of rotatable bonds is 12. The third-order valence-corrected chi connectivity index (χ3v) is 5.96. The average Bonchev–Trinajstić information content (AvgIpc) is 2.89. The van der Waals surface area contributed by atoms with Gasteiger partial charge in [-0.1, -0.05) is 44.2 Å². The maximum Gasteiger partial charge on any atom is 0.251 e. The van der Waals surface area contributed by atoms with E-state index in [1.165, 1.54) is 6.92 Å². The molecule has 0 radical (unpaired) electrons. The predicted octanol–water partition coefficient (Wildman–Crippen LogP) is 5.88. The lowest BCUT2D eigenvalue weighted by Gasteiger charge is -2.19. The van der Waals surface area contributed by atoms with Gasteiger partial charge in [0.2, 0.25) is 5.91 Å². The van der Waals surface area contributed by atoms with E-state index in [9.17, 15) is 14.7 Å². The first-order chi connectivity index (χ1) is 18.5. The standard InChI is InChI=1S/C30H41N3O4.C2H6/c1-8-28(32-22(6)21(5)31-23(7)35)25-11-9-24(10-12-25)18-27(15-16-34)33-30(36)26-13-14-29(20(4)17-26)37-19(2)3;1-2/h8-14,17,19,21,27,34H,15-16,18H2,1-7H3,(H,31,35)(H,33,36);1-2H3/b28-8-,32-22?;/t21-,27-;/m1./s1. The van der Waals surface area contributed by atoms with Crippen molar-refractivity contribution in [2.45, 2.75) is 93.3 Å². The molecule has 0 fully saturated rings. The summed E-state index contributed by atoms with van der Waals surface area (Å²) in [7, 11) is 0. The van der Waals surface area contributed by atoms with E-state index in [-0.39, 0.29) is 36.6 Å². The van der Waals surface area contributed by atoms with Crippen molar-refractivity contribution < 1.29 is 19.4 Å². The number of nitrogens with one attached hydrogen (secondary N) is 2. The highest BCUT2D eigenvalue weighted by Crippen LogP contribution is 2.21. The summed E-state index contributed by atoms with van der Waals surface area (Å²) in [6.07, 6.45) is 3.04. The monoisotopic (exact) mass is 537 g/mol. The molecule has 0 bridgehead atoms. The SMILES string of the molecule is C/C=C(\N=C(C)[C@@H](C)NC(C)=O)c1ccc(C[C@@H](CCO)NC(=O)c2ccc(OC(C)C)c(C)c2)cc1.CC. The van der Waals surface area contributed by atoms with Gasteiger partial charge in [0.25, 0.3) is 5.91 Å². The first kappa shape index (κ1) is 33.6. The Kier molecular flexibility index (Phi) is 14.8. The highest BCUT2D eigenvalue weighted by molar-refractivity contribution is 5.95. The molecule has 214 valence electrons. The summed E-state index contributed by atoms with van der Waals surface area (Å²) in [5.41, 5.74) is 5.11. The Labute approximate surface area is 234 Å². The van der Waals surface area contributed by atoms with Crippen LogP contribution in [-0.4, -0.2) is 47.4 Å². The normalized spacial score (nSPS) is 13.2. The van der Waals surface area contributed by atoms with Gasteiger partial charge in [-0.05, 0) is 89.3 Å². The minimum atomic E-state index is -0.213. The highest BCUT2D eigenvalue weighted by Gasteiger charge is 2.16. The number of aliphatic hydroxyl groups is 1. The van der Waals surface area contributed by atoms with Gasteiger partial charge in [-0.25, -0.2) is 0 Å². The fourth-order valence-electron chi connectivity index (χ4n) is 3.91. The molecule has 2 amide bonds. The van der Waals surface area contributed by atoms with Gasteiger partial charge >= 0.3 is 0 Å². The molecular weight excluding hydrogens is 490 g/mol. The Morgan fingerprint density at radius 2 is 1.62 bits per heavy atom. The van der Waals surface area contributed by atoms with Crippen molar-refractivity contribution >= 4 is 23.2 Å². The first-order valence-corrected chi connectivity index (χ1v) is 13.8. The largest absolute Gasteiger partial charge is 0.491 e. The zero-order valence-corrected chi connectivity index (χ0v) is 25.1. The molecule has 0 heterocycles. The molecule has 2 atom stereocenters. The number of benzene rings is 2. The number of amides is 2. The number of ether oxygens (including phenoxy) is 1. The van der Waals surface area contributed by atoms with Gasteiger partial charge < -0.3 is 20.5 Å². The summed E-state index contributed by atoms with van der Waals surface area (Å²) < 4.78 is 5.77. The fraction of sp³-hybridized carbons (Fsp3) is 0.469. The van der Waals surface area contributed by atoms with E-state index < -0.39 is 0 Å². The Balaban J connectivity index is 0.00000371. The Hall–Kier alpha value is -3.45. The molecule has 3 N–H and O–H groups in total. The molecule has 0 saturated heterocycles. The van der Waals surface area contributed by atoms with Crippen LogP contribution in [0.15, 0.2) is 53.5 Å². The number of nitrogens with zero attached hydrogens (tertiary/aromatic N) is 1. The third-order valence-electron chi connectivity index (χ3n) is 5.96. The summed E-state index contributed by atoms with van der Waals surface area (Å²) in [5.74, 6) is 0.497. The maximum absolute atomic E-state index is 12.9. The zero-order valence-electron chi connectivity index (χ0n) is 25.1. The van der Waals surface area contributed by atoms with E-state index in [4.69, 9.17) is 9.73 Å². The summed E-state index contributed by atoms with van der Waals surface area (Å²) in [4.78, 5) is 29.0. The predicted molar refractivity (Wildman–Crippen MR) is 161 cm³/mol. The first-order valence-electron chi connectivity index (χ1n) is 13.8. The van der Waals surface area contributed by atoms with Crippen LogP contribution in [0.2, 0.25) is 0 Å². The van der Waals surface area contributed by atoms with E-state index >= 15 is 0 Å². The van der Waals surface area contributed by atoms with Gasteiger partial charge in [0.15, 0.2) is 0 Å². The smallest absolute Gasteiger partial charge is 0.251 e. The second kappa shape index (κ2) is 17.2. The van der Waals surface area contributed by atoms with Gasteiger partial charge in [0.05, 0.1) is 17.8 Å². The lowest BCUT2D eigenvalue weighted by molar-refractivity contribution is -0.119. The summed E-state index contributed by atoms with van der Waals surface area (Å²) in [6, 6.07) is 13.1. The minimum absolute atomic E-state index is 0.0214. The van der Waals surface area contributed by atoms with Crippen molar-refractivity contribution in [3.63, 3.8) is 0 Å². The van der Waals surface area contributed by atoms with Crippen LogP contribution < -0.4 is 15.4 Å². The molecule has 0 aliphatic heterocycles. The minimum Gasteiger partial charge on any atom is -0.491 e. The average molecular weight is 538 g/mol. The van der Waals surface area contributed by atoms with Gasteiger partial charge in [-0.2, -0.15) is 0 Å². The Morgan fingerprint density at radius 3 is 2.13 bits per heavy atom. The van der Waals surface area contributed by atoms with Crippen LogP contribution in [0.5, 0.6) is 5.75 Å². The molecule has 39 heavy (non-hydrogen) atoms. The molecule has 7 nitrogen and oxygen atoms in total. The molecule has 0 saturated carbocycles. The van der Waals surface area contributed by atoms with Crippen LogP contribution >= 0.6 is 0 Å². The summed E-state index contributed by atoms with van der Waals surface area (Å²) >= 11 is 0.